The molecule has 8 nitrogen and oxygen atoms in total. The Morgan fingerprint density at radius 2 is 0.580 bits per heavy atom. The van der Waals surface area contributed by atoms with Gasteiger partial charge >= 0.3 is 0 Å². The highest BCUT2D eigenvalue weighted by atomic mass is 79.9. The molecule has 24 fully saturated rings. The third-order valence-corrected chi connectivity index (χ3v) is 29.3. The number of carbonyl (C=O) groups excluding carboxylic acids is 3. The number of nitrogens with one attached hydrogen (secondary N) is 1. The highest BCUT2D eigenvalue weighted by Crippen LogP contribution is 2.73. The molecule has 3 amide bonds. The second kappa shape index (κ2) is 23.9. The van der Waals surface area contributed by atoms with Crippen LogP contribution in [0.2, 0.25) is 0 Å². The van der Waals surface area contributed by atoms with E-state index in [4.69, 9.17) is 15.3 Å². The fraction of sp³-hybridized carbons (Fsp3) is 0.961. The van der Waals surface area contributed by atoms with Crippen LogP contribution in [0.1, 0.15) is 329 Å². The molecule has 0 aromatic carbocycles. The van der Waals surface area contributed by atoms with Crippen molar-refractivity contribution in [3.05, 3.63) is 0 Å². The van der Waals surface area contributed by atoms with Crippen LogP contribution >= 0.6 is 40.7 Å². The lowest BCUT2D eigenvalue weighted by Crippen LogP contribution is -2.63. The maximum Gasteiger partial charge on any atom is 0.207 e. The third kappa shape index (κ3) is 15.5. The van der Waals surface area contributed by atoms with Crippen LogP contribution in [0.5, 0.6) is 0 Å². The maximum atomic E-state index is 10.8. The van der Waals surface area contributed by atoms with E-state index in [0.717, 1.165) is 94.2 Å². The number of halogens is 3. The normalized spacial score (nSPS) is 56.5. The number of hydrogen-bond donors (Lipinski definition) is 5. The predicted octanol–water partition coefficient (Wildman–Crippen LogP) is 19.3. The molecule has 24 saturated carbocycles. The van der Waals surface area contributed by atoms with Crippen molar-refractivity contribution >= 4 is 60.0 Å². The van der Waals surface area contributed by atoms with Gasteiger partial charge in [0, 0.05) is 15.4 Å². The number of nitrogens with two attached hydrogens (primary N) is 3. The van der Waals surface area contributed by atoms with Crippen molar-refractivity contribution in [3.63, 3.8) is 0 Å². The fourth-order valence-electron chi connectivity index (χ4n) is 33.2. The van der Waals surface area contributed by atoms with Gasteiger partial charge in [-0.05, 0) is 343 Å². The van der Waals surface area contributed by atoms with Crippen LogP contribution in [0.3, 0.4) is 0 Å². The van der Waals surface area contributed by atoms with Gasteiger partial charge in [-0.3, -0.25) is 14.4 Å². The van der Waals surface area contributed by atoms with Crippen molar-refractivity contribution in [1.29, 1.82) is 0 Å². The average molecular weight is 1330 g/mol. The first-order valence-corrected chi connectivity index (χ1v) is 36.5. The Labute approximate surface area is 559 Å². The summed E-state index contributed by atoms with van der Waals surface area (Å²) in [7, 11) is 0. The molecule has 88 heavy (non-hydrogen) atoms. The zero-order valence-electron chi connectivity index (χ0n) is 57.8. The number of aliphatic hydroxyl groups is 1. The van der Waals surface area contributed by atoms with Gasteiger partial charge < -0.3 is 27.6 Å². The van der Waals surface area contributed by atoms with Crippen LogP contribution in [0.15, 0.2) is 0 Å². The zero-order valence-corrected chi connectivity index (χ0v) is 61.0. The highest BCUT2D eigenvalue weighted by Gasteiger charge is 2.64. The van der Waals surface area contributed by atoms with Gasteiger partial charge in [0.1, 0.15) is 0 Å². The molecule has 8 N–H and O–H groups in total. The second-order valence-electron chi connectivity index (χ2n) is 42.1. The molecule has 0 saturated heterocycles. The molecule has 8 atom stereocenters. The Bertz CT molecular complexity index is 2060. The summed E-state index contributed by atoms with van der Waals surface area (Å²) in [6.45, 7) is 32.4. The van der Waals surface area contributed by atoms with E-state index in [1.165, 1.54) is 180 Å². The van der Waals surface area contributed by atoms with Crippen LogP contribution in [-0.2, 0) is 14.4 Å². The molecular weight excluding hydrogens is 1200 g/mol. The summed E-state index contributed by atoms with van der Waals surface area (Å²) in [5, 5.41) is 13.6. The molecule has 0 aromatic rings. The van der Waals surface area contributed by atoms with Crippen molar-refractivity contribution in [1.82, 2.24) is 5.32 Å². The Balaban J connectivity index is 0.000000133. The van der Waals surface area contributed by atoms with Gasteiger partial charge in [0.25, 0.3) is 0 Å². The van der Waals surface area contributed by atoms with Gasteiger partial charge in [-0.15, -0.1) is 24.8 Å². The van der Waals surface area contributed by atoms with E-state index in [9.17, 15) is 9.90 Å². The van der Waals surface area contributed by atoms with Crippen LogP contribution in [0.25, 0.3) is 0 Å². The molecule has 508 valence electrons. The van der Waals surface area contributed by atoms with Gasteiger partial charge in [-0.1, -0.05) is 113 Å². The Kier molecular flexibility index (Phi) is 19.9. The lowest BCUT2D eigenvalue weighted by molar-refractivity contribution is -0.189. The van der Waals surface area contributed by atoms with Crippen molar-refractivity contribution in [2.24, 2.45) is 129 Å². The highest BCUT2D eigenvalue weighted by molar-refractivity contribution is 9.10. The van der Waals surface area contributed by atoms with Crippen molar-refractivity contribution in [2.75, 3.05) is 0 Å². The molecule has 24 rings (SSSR count). The summed E-state index contributed by atoms with van der Waals surface area (Å²) >= 11 is 4.03. The van der Waals surface area contributed by atoms with Gasteiger partial charge in [-0.2, -0.15) is 0 Å². The number of carbonyl (C=O) groups is 3. The predicted molar refractivity (Wildman–Crippen MR) is 373 cm³/mol. The minimum Gasteiger partial charge on any atom is -0.390 e. The molecule has 0 aliphatic heterocycles. The Hall–Kier alpha value is -0.610. The summed E-state index contributed by atoms with van der Waals surface area (Å²) < 4.78 is 0.538. The number of alkyl halides is 1. The minimum absolute atomic E-state index is 0. The van der Waals surface area contributed by atoms with Crippen molar-refractivity contribution in [3.8, 4) is 0 Å². The van der Waals surface area contributed by atoms with E-state index >= 15 is 0 Å². The Morgan fingerprint density at radius 3 is 0.818 bits per heavy atom. The summed E-state index contributed by atoms with van der Waals surface area (Å²) in [5.74, 6) is 6.99. The topological polar surface area (TPSA) is 162 Å². The van der Waals surface area contributed by atoms with Crippen molar-refractivity contribution in [2.45, 2.75) is 350 Å². The SMILES string of the molecule is C.CC12CC3CC(C)(C1)CC(Br)(C3)C2.CC12CC3CC(C)(C1)CC(C)(C3)C2.CC12CC3CC(C)(C1)CC(N)(C3)C2.CC12CC3CC(C)(C1)CC(NC=O)(C3)C2.CC12CC3CC(C)(C1)CC(O)(C3)C2.CC12CC3CC(C1)CC(C)(C3)C2.Cl.Cl.NC=O.NC=O. The first-order valence-electron chi connectivity index (χ1n) is 35.7. The smallest absolute Gasteiger partial charge is 0.207 e. The lowest BCUT2D eigenvalue weighted by Gasteiger charge is -2.65. The minimum atomic E-state index is -0.275. The van der Waals surface area contributed by atoms with E-state index < -0.39 is 0 Å². The standard InChI is InChI=1S/C13H21NO.C13H22.C12H19Br.C12H21N.C12H20O.C12H20.2CH3NO.CH4.2ClH/c1-11-3-10-4-12(2,6-11)8-13(5-10,7-11)14-9-15;1-11-4-10-5-12(2,7-11)9-13(3,6-10)8-11;3*1-10-3-9-4-11(2,6-10)8-12(13,5-9)7-10;1-11-4-9-3-10(5-11)7-12(2,6-9)8-11;2*2-1-3;;;/h9-10H,3-8H2,1-2H3,(H,14,15);10H,4-9H2,1-3H3;9H,3-8H2,1-2H3;9H,3-8,13H2,1-2H3;9,13H,3-8H2,1-2H3;9-10H,3-8H2,1-2H3;2*1H,(H2,2,3);1H4;2*1H. The molecule has 24 bridgehead atoms. The zero-order chi connectivity index (χ0) is 61.8. The summed E-state index contributed by atoms with van der Waals surface area (Å²) in [6, 6.07) is 0. The maximum absolute atomic E-state index is 10.8. The van der Waals surface area contributed by atoms with Gasteiger partial charge in [0.2, 0.25) is 19.2 Å². The molecule has 0 aromatic heterocycles. The van der Waals surface area contributed by atoms with Crippen LogP contribution in [0.4, 0.5) is 0 Å². The van der Waals surface area contributed by atoms with Gasteiger partial charge in [0.05, 0.1) is 5.60 Å². The molecule has 24 aliphatic carbocycles. The number of amides is 3. The lowest BCUT2D eigenvalue weighted by atomic mass is 9.41. The third-order valence-electron chi connectivity index (χ3n) is 28.4. The second-order valence-corrected chi connectivity index (χ2v) is 43.8. The number of rotatable bonds is 2. The monoisotopic (exact) mass is 1330 g/mol. The fourth-order valence-corrected chi connectivity index (χ4v) is 35.0. The van der Waals surface area contributed by atoms with E-state index in [2.05, 4.69) is 123 Å². The van der Waals surface area contributed by atoms with Crippen molar-refractivity contribution < 1.29 is 19.5 Å². The average Bonchev–Trinajstić information content (AvgIpc) is 0.767. The quantitative estimate of drug-likeness (QED) is 0.137. The van der Waals surface area contributed by atoms with Crippen LogP contribution in [-0.4, -0.2) is 45.3 Å². The van der Waals surface area contributed by atoms with Gasteiger partial charge in [-0.25, -0.2) is 0 Å². The van der Waals surface area contributed by atoms with E-state index in [1.54, 1.807) is 32.1 Å². The summed E-state index contributed by atoms with van der Waals surface area (Å²) in [4.78, 5) is 28.0. The molecule has 0 radical (unpaired) electrons. The summed E-state index contributed by atoms with van der Waals surface area (Å²) in [5.41, 5.74) is 23.1. The molecule has 11 heteroatoms. The summed E-state index contributed by atoms with van der Waals surface area (Å²) in [6.07, 6.45) is 52.2. The van der Waals surface area contributed by atoms with E-state index in [0.29, 0.717) is 47.6 Å². The molecule has 8 unspecified atom stereocenters. The van der Waals surface area contributed by atoms with E-state index in [-0.39, 0.29) is 61.7 Å². The molecule has 24 aliphatic rings. The molecular formula is C77H135BrCl2N4O4. The number of hydrogen-bond acceptors (Lipinski definition) is 5. The molecule has 0 heterocycles. The van der Waals surface area contributed by atoms with Crippen LogP contribution in [0, 0.1) is 112 Å². The van der Waals surface area contributed by atoms with Gasteiger partial charge in [0.15, 0.2) is 0 Å². The largest absolute Gasteiger partial charge is 0.390 e. The molecule has 0 spiro atoms. The number of primary amides is 2. The van der Waals surface area contributed by atoms with E-state index in [1.807, 2.05) is 0 Å². The first-order chi connectivity index (χ1) is 39.0. The Morgan fingerprint density at radius 1 is 0.341 bits per heavy atom. The first kappa shape index (κ1) is 73.2. The van der Waals surface area contributed by atoms with Crippen LogP contribution < -0.4 is 22.5 Å².